The molecular formula is C23H28O6. The van der Waals surface area contributed by atoms with Gasteiger partial charge in [-0.3, -0.25) is 9.59 Å². The van der Waals surface area contributed by atoms with Gasteiger partial charge in [0, 0.05) is 18.1 Å². The van der Waals surface area contributed by atoms with Crippen LogP contribution in [0, 0.1) is 0 Å². The molecule has 0 aliphatic heterocycles. The van der Waals surface area contributed by atoms with E-state index >= 15 is 0 Å². The van der Waals surface area contributed by atoms with Crippen LogP contribution in [0.25, 0.3) is 0 Å². The number of phenols is 1. The summed E-state index contributed by atoms with van der Waals surface area (Å²) in [5.41, 5.74) is 1.31. The molecule has 2 aromatic carbocycles. The van der Waals surface area contributed by atoms with Crippen molar-refractivity contribution in [1.29, 1.82) is 0 Å². The number of methoxy groups -OCH3 is 1. The highest BCUT2D eigenvalue weighted by molar-refractivity contribution is 6.10. The van der Waals surface area contributed by atoms with E-state index in [4.69, 9.17) is 14.2 Å². The van der Waals surface area contributed by atoms with E-state index in [1.54, 1.807) is 30.3 Å². The van der Waals surface area contributed by atoms with Gasteiger partial charge in [0.2, 0.25) is 0 Å². The van der Waals surface area contributed by atoms with Crippen molar-refractivity contribution in [2.24, 2.45) is 0 Å². The number of phenolic OH excluding ortho intramolecular Hbond substituents is 1. The number of benzene rings is 2. The quantitative estimate of drug-likeness (QED) is 0.499. The van der Waals surface area contributed by atoms with Gasteiger partial charge in [-0.25, -0.2) is 0 Å². The third-order valence-electron chi connectivity index (χ3n) is 4.10. The molecule has 2 rings (SSSR count). The van der Waals surface area contributed by atoms with Crippen LogP contribution in [-0.2, 0) is 16.0 Å². The number of ketones is 1. The average molecular weight is 400 g/mol. The highest BCUT2D eigenvalue weighted by Crippen LogP contribution is 2.29. The topological polar surface area (TPSA) is 82.1 Å². The number of carbonyl (C=O) groups is 2. The first-order valence-electron chi connectivity index (χ1n) is 9.62. The number of esters is 1. The van der Waals surface area contributed by atoms with E-state index < -0.39 is 0 Å². The summed E-state index contributed by atoms with van der Waals surface area (Å²) >= 11 is 0. The number of ether oxygens (including phenoxy) is 3. The third-order valence-corrected chi connectivity index (χ3v) is 4.10. The van der Waals surface area contributed by atoms with E-state index in [2.05, 4.69) is 0 Å². The van der Waals surface area contributed by atoms with Crippen molar-refractivity contribution < 1.29 is 28.9 Å². The van der Waals surface area contributed by atoms with Crippen molar-refractivity contribution in [1.82, 2.24) is 0 Å². The first-order valence-corrected chi connectivity index (χ1v) is 9.62. The van der Waals surface area contributed by atoms with Gasteiger partial charge < -0.3 is 19.3 Å². The molecule has 6 nitrogen and oxygen atoms in total. The molecule has 6 heteroatoms. The molecule has 2 aromatic rings. The van der Waals surface area contributed by atoms with Gasteiger partial charge in [-0.1, -0.05) is 0 Å². The van der Waals surface area contributed by atoms with Crippen LogP contribution in [0.4, 0.5) is 0 Å². The van der Waals surface area contributed by atoms with Crippen LogP contribution in [0.5, 0.6) is 17.2 Å². The minimum Gasteiger partial charge on any atom is -0.507 e. The summed E-state index contributed by atoms with van der Waals surface area (Å²) in [7, 11) is 1.34. The van der Waals surface area contributed by atoms with Crippen LogP contribution in [0.2, 0.25) is 0 Å². The largest absolute Gasteiger partial charge is 0.507 e. The molecule has 0 saturated heterocycles. The third kappa shape index (κ3) is 6.24. The van der Waals surface area contributed by atoms with E-state index in [-0.39, 0.29) is 41.7 Å². The molecule has 1 N–H and O–H groups in total. The van der Waals surface area contributed by atoms with Gasteiger partial charge in [0.1, 0.15) is 17.2 Å². The van der Waals surface area contributed by atoms with Gasteiger partial charge in [-0.15, -0.1) is 0 Å². The van der Waals surface area contributed by atoms with Crippen LogP contribution in [-0.4, -0.2) is 36.2 Å². The van der Waals surface area contributed by atoms with Crippen molar-refractivity contribution in [3.63, 3.8) is 0 Å². The Morgan fingerprint density at radius 3 is 2.24 bits per heavy atom. The summed E-state index contributed by atoms with van der Waals surface area (Å²) < 4.78 is 16.0. The number of hydrogen-bond donors (Lipinski definition) is 1. The molecule has 156 valence electrons. The lowest BCUT2D eigenvalue weighted by molar-refractivity contribution is -0.140. The van der Waals surface area contributed by atoms with Crippen molar-refractivity contribution in [2.75, 3.05) is 7.11 Å². The molecular weight excluding hydrogens is 372 g/mol. The van der Waals surface area contributed by atoms with E-state index in [1.165, 1.54) is 13.2 Å². The molecule has 0 atom stereocenters. The van der Waals surface area contributed by atoms with Crippen molar-refractivity contribution in [3.8, 4) is 17.2 Å². The van der Waals surface area contributed by atoms with Crippen LogP contribution in [0.1, 0.15) is 55.6 Å². The summed E-state index contributed by atoms with van der Waals surface area (Å²) in [4.78, 5) is 24.5. The lowest BCUT2D eigenvalue weighted by atomic mass is 9.98. The van der Waals surface area contributed by atoms with Gasteiger partial charge in [0.05, 0.1) is 24.9 Å². The van der Waals surface area contributed by atoms with Gasteiger partial charge >= 0.3 is 5.97 Å². The second kappa shape index (κ2) is 9.96. The maximum atomic E-state index is 12.9. The van der Waals surface area contributed by atoms with Gasteiger partial charge in [0.15, 0.2) is 5.78 Å². The second-order valence-corrected chi connectivity index (χ2v) is 7.24. The highest BCUT2D eigenvalue weighted by atomic mass is 16.5. The Kier molecular flexibility index (Phi) is 7.65. The van der Waals surface area contributed by atoms with Crippen molar-refractivity contribution in [3.05, 3.63) is 53.1 Å². The van der Waals surface area contributed by atoms with Crippen LogP contribution >= 0.6 is 0 Å². The fourth-order valence-corrected chi connectivity index (χ4v) is 2.83. The van der Waals surface area contributed by atoms with E-state index in [1.807, 2.05) is 27.7 Å². The van der Waals surface area contributed by atoms with Crippen LogP contribution < -0.4 is 9.47 Å². The highest BCUT2D eigenvalue weighted by Gasteiger charge is 2.18. The van der Waals surface area contributed by atoms with E-state index in [0.717, 1.165) is 5.56 Å². The SMILES string of the molecule is COC(=O)CCc1cc(C(=O)c2ccc(OC(C)C)cc2O)ccc1OC(C)C. The molecule has 0 saturated carbocycles. The van der Waals surface area contributed by atoms with Crippen molar-refractivity contribution >= 4 is 11.8 Å². The van der Waals surface area contributed by atoms with E-state index in [0.29, 0.717) is 23.5 Å². The number of aromatic hydroxyl groups is 1. The summed E-state index contributed by atoms with van der Waals surface area (Å²) in [5, 5.41) is 10.3. The molecule has 0 fully saturated rings. The lowest BCUT2D eigenvalue weighted by Crippen LogP contribution is -2.10. The Bertz CT molecular complexity index is 870. The van der Waals surface area contributed by atoms with Crippen LogP contribution in [0.15, 0.2) is 36.4 Å². The molecule has 0 aliphatic carbocycles. The average Bonchev–Trinajstić information content (AvgIpc) is 2.65. The van der Waals surface area contributed by atoms with Gasteiger partial charge in [-0.2, -0.15) is 0 Å². The fourth-order valence-electron chi connectivity index (χ4n) is 2.83. The van der Waals surface area contributed by atoms with E-state index in [9.17, 15) is 14.7 Å². The second-order valence-electron chi connectivity index (χ2n) is 7.24. The molecule has 0 amide bonds. The first kappa shape index (κ1) is 22.3. The first-order chi connectivity index (χ1) is 13.7. The number of rotatable bonds is 9. The minimum atomic E-state index is -0.337. The predicted octanol–water partition coefficient (Wildman–Crippen LogP) is 4.30. The zero-order valence-corrected chi connectivity index (χ0v) is 17.5. The zero-order chi connectivity index (χ0) is 21.6. The standard InChI is InChI=1S/C23H28O6/c1-14(2)28-18-8-9-19(20(24)13-18)23(26)17-6-10-21(29-15(3)4)16(12-17)7-11-22(25)27-5/h6,8-10,12-15,24H,7,11H2,1-5H3. The Morgan fingerprint density at radius 1 is 0.966 bits per heavy atom. The van der Waals surface area contributed by atoms with Crippen molar-refractivity contribution in [2.45, 2.75) is 52.7 Å². The summed E-state index contributed by atoms with van der Waals surface area (Å²) in [6.07, 6.45) is 0.464. The fraction of sp³-hybridized carbons (Fsp3) is 0.391. The Balaban J connectivity index is 2.33. The normalized spacial score (nSPS) is 10.9. The molecule has 0 heterocycles. The van der Waals surface area contributed by atoms with Gasteiger partial charge in [0.25, 0.3) is 0 Å². The zero-order valence-electron chi connectivity index (χ0n) is 17.5. The number of hydrogen-bond acceptors (Lipinski definition) is 6. The predicted molar refractivity (Wildman–Crippen MR) is 110 cm³/mol. The minimum absolute atomic E-state index is 0.0400. The Labute approximate surface area is 171 Å². The summed E-state index contributed by atoms with van der Waals surface area (Å²) in [5.74, 6) is 0.301. The lowest BCUT2D eigenvalue weighted by Gasteiger charge is -2.16. The van der Waals surface area contributed by atoms with Crippen LogP contribution in [0.3, 0.4) is 0 Å². The Morgan fingerprint density at radius 2 is 1.66 bits per heavy atom. The molecule has 0 aromatic heterocycles. The molecule has 29 heavy (non-hydrogen) atoms. The molecule has 0 radical (unpaired) electrons. The summed E-state index contributed by atoms with van der Waals surface area (Å²) in [6.45, 7) is 7.57. The number of carbonyl (C=O) groups excluding carboxylic acids is 2. The maximum Gasteiger partial charge on any atom is 0.305 e. The molecule has 0 spiro atoms. The number of aryl methyl sites for hydroxylation is 1. The molecule has 0 unspecified atom stereocenters. The summed E-state index contributed by atoms with van der Waals surface area (Å²) in [6, 6.07) is 9.69. The molecule has 0 aliphatic rings. The molecule has 0 bridgehead atoms. The maximum absolute atomic E-state index is 12.9. The Hall–Kier alpha value is -3.02. The monoisotopic (exact) mass is 400 g/mol. The van der Waals surface area contributed by atoms with Gasteiger partial charge in [-0.05, 0) is 70.0 Å². The smallest absolute Gasteiger partial charge is 0.305 e.